The van der Waals surface area contributed by atoms with E-state index in [1.165, 1.54) is 4.90 Å². The van der Waals surface area contributed by atoms with Crippen LogP contribution in [0.5, 0.6) is 0 Å². The summed E-state index contributed by atoms with van der Waals surface area (Å²) in [4.78, 5) is 73.9. The van der Waals surface area contributed by atoms with Gasteiger partial charge in [-0.3, -0.25) is 24.0 Å². The number of carbonyl (C=O) groups excluding carboxylic acids is 4. The first-order chi connectivity index (χ1) is 17.5. The number of aliphatic carboxylic acids is 2. The molecule has 4 atom stereocenters. The molecule has 13 heteroatoms. The van der Waals surface area contributed by atoms with Crippen molar-refractivity contribution in [1.82, 2.24) is 15.5 Å². The highest BCUT2D eigenvalue weighted by atomic mass is 16.4. The molecular formula is C24H33N5O8. The van der Waals surface area contributed by atoms with Crippen LogP contribution in [0.25, 0.3) is 0 Å². The standard InChI is InChI=1S/C24H33N5O8/c25-15(8-10-19(26)30)23(35)29-12-4-7-18(29)22(34)27-16(9-11-20(31)32)21(33)28-17(24(36)37)13-14-5-2-1-3-6-14/h1-3,5-6,15-18H,4,7-13,25H2,(H2,26,30)(H,27,34)(H,28,33)(H,31,32)(H,36,37). The SMILES string of the molecule is NC(=O)CCC(N)C(=O)N1CCCC1C(=O)NC(CCC(=O)O)C(=O)NC(Cc1ccccc1)C(=O)O. The Labute approximate surface area is 213 Å². The summed E-state index contributed by atoms with van der Waals surface area (Å²) in [5.74, 6) is -5.19. The second-order valence-electron chi connectivity index (χ2n) is 8.88. The van der Waals surface area contributed by atoms with E-state index in [1.807, 2.05) is 0 Å². The number of nitrogens with zero attached hydrogens (tertiary/aromatic N) is 1. The Balaban J connectivity index is 2.11. The van der Waals surface area contributed by atoms with Crippen LogP contribution in [0, 0.1) is 0 Å². The van der Waals surface area contributed by atoms with E-state index in [-0.39, 0.29) is 32.2 Å². The molecule has 1 aliphatic heterocycles. The lowest BCUT2D eigenvalue weighted by Crippen LogP contribution is -2.57. The molecule has 2 rings (SSSR count). The normalized spacial score (nSPS) is 17.3. The van der Waals surface area contributed by atoms with Crippen LogP contribution in [0.15, 0.2) is 30.3 Å². The Morgan fingerprint density at radius 3 is 2.24 bits per heavy atom. The third kappa shape index (κ3) is 9.18. The second-order valence-corrected chi connectivity index (χ2v) is 8.88. The minimum atomic E-state index is -1.35. The number of primary amides is 1. The number of likely N-dealkylation sites (tertiary alicyclic amines) is 1. The van der Waals surface area contributed by atoms with Crippen LogP contribution in [0.2, 0.25) is 0 Å². The smallest absolute Gasteiger partial charge is 0.326 e. The van der Waals surface area contributed by atoms with Gasteiger partial charge in [-0.15, -0.1) is 0 Å². The van der Waals surface area contributed by atoms with Crippen LogP contribution in [-0.2, 0) is 35.2 Å². The molecule has 0 radical (unpaired) electrons. The van der Waals surface area contributed by atoms with Gasteiger partial charge >= 0.3 is 11.9 Å². The Bertz CT molecular complexity index is 1000. The zero-order valence-electron chi connectivity index (χ0n) is 20.3. The van der Waals surface area contributed by atoms with Crippen LogP contribution < -0.4 is 22.1 Å². The highest BCUT2D eigenvalue weighted by molar-refractivity contribution is 5.94. The Morgan fingerprint density at radius 2 is 1.65 bits per heavy atom. The van der Waals surface area contributed by atoms with E-state index in [0.717, 1.165) is 0 Å². The Kier molecular flexibility index (Phi) is 11.0. The minimum absolute atomic E-state index is 0.0145. The molecule has 0 spiro atoms. The fourth-order valence-electron chi connectivity index (χ4n) is 4.06. The number of carboxylic acids is 2. The maximum Gasteiger partial charge on any atom is 0.326 e. The van der Waals surface area contributed by atoms with Gasteiger partial charge < -0.3 is 37.2 Å². The van der Waals surface area contributed by atoms with Crippen LogP contribution in [0.1, 0.15) is 44.1 Å². The van der Waals surface area contributed by atoms with Crippen molar-refractivity contribution in [2.75, 3.05) is 6.54 Å². The van der Waals surface area contributed by atoms with Crippen molar-refractivity contribution in [3.05, 3.63) is 35.9 Å². The van der Waals surface area contributed by atoms with Crippen molar-refractivity contribution in [3.63, 3.8) is 0 Å². The molecule has 37 heavy (non-hydrogen) atoms. The van der Waals surface area contributed by atoms with E-state index in [0.29, 0.717) is 18.4 Å². The van der Waals surface area contributed by atoms with Gasteiger partial charge in [-0.25, -0.2) is 4.79 Å². The van der Waals surface area contributed by atoms with Crippen molar-refractivity contribution in [2.24, 2.45) is 11.5 Å². The number of amides is 4. The summed E-state index contributed by atoms with van der Waals surface area (Å²) in [7, 11) is 0. The van der Waals surface area contributed by atoms with Gasteiger partial charge in [0.1, 0.15) is 18.1 Å². The lowest BCUT2D eigenvalue weighted by Gasteiger charge is -2.28. The number of carboxylic acid groups (broad SMARTS) is 2. The number of nitrogens with two attached hydrogens (primary N) is 2. The number of hydrogen-bond acceptors (Lipinski definition) is 7. The summed E-state index contributed by atoms with van der Waals surface area (Å²) in [5.41, 5.74) is 11.6. The van der Waals surface area contributed by atoms with Gasteiger partial charge in [0.05, 0.1) is 6.04 Å². The number of hydrogen-bond donors (Lipinski definition) is 6. The van der Waals surface area contributed by atoms with Crippen LogP contribution in [0.4, 0.5) is 0 Å². The van der Waals surface area contributed by atoms with Gasteiger partial charge in [0.15, 0.2) is 0 Å². The summed E-state index contributed by atoms with van der Waals surface area (Å²) in [6.07, 6.45) is -0.0574. The Hall–Kier alpha value is -4.00. The van der Waals surface area contributed by atoms with E-state index in [9.17, 15) is 33.9 Å². The van der Waals surface area contributed by atoms with Crippen molar-refractivity contribution in [3.8, 4) is 0 Å². The van der Waals surface area contributed by atoms with Crippen LogP contribution in [-0.4, -0.2) is 81.4 Å². The molecule has 13 nitrogen and oxygen atoms in total. The van der Waals surface area contributed by atoms with E-state index in [4.69, 9.17) is 16.6 Å². The van der Waals surface area contributed by atoms with E-state index < -0.39 is 66.2 Å². The molecule has 0 bridgehead atoms. The predicted octanol–water partition coefficient (Wildman–Crippen LogP) is -1.27. The molecule has 1 fully saturated rings. The van der Waals surface area contributed by atoms with Crippen molar-refractivity contribution >= 4 is 35.6 Å². The molecule has 0 aromatic heterocycles. The maximum absolute atomic E-state index is 13.1. The largest absolute Gasteiger partial charge is 0.481 e. The monoisotopic (exact) mass is 519 g/mol. The zero-order valence-corrected chi connectivity index (χ0v) is 20.3. The van der Waals surface area contributed by atoms with Crippen molar-refractivity contribution < 1.29 is 39.0 Å². The molecule has 4 unspecified atom stereocenters. The average molecular weight is 520 g/mol. The predicted molar refractivity (Wildman–Crippen MR) is 130 cm³/mol. The molecular weight excluding hydrogens is 486 g/mol. The van der Waals surface area contributed by atoms with Crippen molar-refractivity contribution in [2.45, 2.75) is 69.1 Å². The summed E-state index contributed by atoms with van der Waals surface area (Å²) in [5, 5.41) is 23.5. The highest BCUT2D eigenvalue weighted by Gasteiger charge is 2.38. The first kappa shape index (κ1) is 29.2. The molecule has 4 amide bonds. The van der Waals surface area contributed by atoms with E-state index >= 15 is 0 Å². The molecule has 8 N–H and O–H groups in total. The molecule has 1 aromatic rings. The van der Waals surface area contributed by atoms with Gasteiger partial charge in [0, 0.05) is 25.8 Å². The third-order valence-electron chi connectivity index (χ3n) is 6.03. The molecule has 0 saturated carbocycles. The van der Waals surface area contributed by atoms with Crippen molar-refractivity contribution in [1.29, 1.82) is 0 Å². The summed E-state index contributed by atoms with van der Waals surface area (Å²) < 4.78 is 0. The van der Waals surface area contributed by atoms with E-state index in [1.54, 1.807) is 30.3 Å². The minimum Gasteiger partial charge on any atom is -0.481 e. The van der Waals surface area contributed by atoms with Gasteiger partial charge in [-0.1, -0.05) is 30.3 Å². The number of benzene rings is 1. The number of rotatable bonds is 14. The lowest BCUT2D eigenvalue weighted by molar-refractivity contribution is -0.143. The quantitative estimate of drug-likeness (QED) is 0.172. The fourth-order valence-corrected chi connectivity index (χ4v) is 4.06. The Morgan fingerprint density at radius 1 is 0.973 bits per heavy atom. The van der Waals surface area contributed by atoms with Gasteiger partial charge in [0.2, 0.25) is 23.6 Å². The summed E-state index contributed by atoms with van der Waals surface area (Å²) >= 11 is 0. The number of carbonyl (C=O) groups is 6. The molecule has 1 heterocycles. The lowest BCUT2D eigenvalue weighted by atomic mass is 10.0. The number of nitrogens with one attached hydrogen (secondary N) is 2. The molecule has 202 valence electrons. The fraction of sp³-hybridized carbons (Fsp3) is 0.500. The average Bonchev–Trinajstić information content (AvgIpc) is 3.34. The molecule has 1 aromatic carbocycles. The zero-order chi connectivity index (χ0) is 27.5. The highest BCUT2D eigenvalue weighted by Crippen LogP contribution is 2.19. The third-order valence-corrected chi connectivity index (χ3v) is 6.03. The second kappa shape index (κ2) is 13.9. The van der Waals surface area contributed by atoms with Gasteiger partial charge in [-0.05, 0) is 31.2 Å². The van der Waals surface area contributed by atoms with Gasteiger partial charge in [0.25, 0.3) is 0 Å². The summed E-state index contributed by atoms with van der Waals surface area (Å²) in [6.45, 7) is 0.241. The van der Waals surface area contributed by atoms with Crippen LogP contribution in [0.3, 0.4) is 0 Å². The molecule has 0 aliphatic carbocycles. The molecule has 1 saturated heterocycles. The van der Waals surface area contributed by atoms with Gasteiger partial charge in [-0.2, -0.15) is 0 Å². The maximum atomic E-state index is 13.1. The van der Waals surface area contributed by atoms with Crippen LogP contribution >= 0.6 is 0 Å². The summed E-state index contributed by atoms with van der Waals surface area (Å²) in [6, 6.07) is 3.96. The topological polar surface area (TPSA) is 222 Å². The van der Waals surface area contributed by atoms with E-state index in [2.05, 4.69) is 10.6 Å². The first-order valence-corrected chi connectivity index (χ1v) is 11.9. The first-order valence-electron chi connectivity index (χ1n) is 11.9. The molecule has 1 aliphatic rings.